The highest BCUT2D eigenvalue weighted by Crippen LogP contribution is 2.25. The van der Waals surface area contributed by atoms with Gasteiger partial charge in [0.2, 0.25) is 5.88 Å². The number of benzene rings is 1. The summed E-state index contributed by atoms with van der Waals surface area (Å²) in [6.07, 6.45) is 1.41. The highest BCUT2D eigenvalue weighted by atomic mass is 127. The van der Waals surface area contributed by atoms with Gasteiger partial charge in [0.05, 0.1) is 12.8 Å². The van der Waals surface area contributed by atoms with E-state index in [1.54, 1.807) is 6.07 Å². The third-order valence-corrected chi connectivity index (χ3v) is 3.30. The Labute approximate surface area is 118 Å². The quantitative estimate of drug-likeness (QED) is 0.658. The maximum Gasteiger partial charge on any atom is 0.236 e. The van der Waals surface area contributed by atoms with Crippen LogP contribution in [0.2, 0.25) is 0 Å². The Balaban J connectivity index is 2.12. The maximum absolute atomic E-state index is 9.04. The number of nitrogens with zero attached hydrogens (tertiary/aromatic N) is 2. The van der Waals surface area contributed by atoms with Gasteiger partial charge in [0.15, 0.2) is 0 Å². The van der Waals surface area contributed by atoms with Crippen molar-refractivity contribution in [2.75, 3.05) is 6.61 Å². The van der Waals surface area contributed by atoms with Crippen LogP contribution in [-0.4, -0.2) is 21.8 Å². The molecular weight excluding hydrogens is 347 g/mol. The van der Waals surface area contributed by atoms with Gasteiger partial charge >= 0.3 is 0 Å². The first kappa shape index (κ1) is 13.0. The van der Waals surface area contributed by atoms with Gasteiger partial charge in [0.25, 0.3) is 0 Å². The number of rotatable bonds is 5. The van der Waals surface area contributed by atoms with E-state index in [0.717, 1.165) is 19.7 Å². The lowest BCUT2D eigenvalue weighted by molar-refractivity contribution is 0.141. The summed E-state index contributed by atoms with van der Waals surface area (Å²) in [5, 5.41) is 12.8. The highest BCUT2D eigenvalue weighted by Gasteiger charge is 2.09. The Morgan fingerprint density at radius 2 is 2.17 bits per heavy atom. The fourth-order valence-corrected chi connectivity index (χ4v) is 2.12. The lowest BCUT2D eigenvalue weighted by atomic mass is 10.2. The third kappa shape index (κ3) is 3.06. The van der Waals surface area contributed by atoms with Crippen LogP contribution in [0.15, 0.2) is 30.5 Å². The summed E-state index contributed by atoms with van der Waals surface area (Å²) in [6.45, 7) is 2.90. The van der Waals surface area contributed by atoms with Gasteiger partial charge in [-0.2, -0.15) is 0 Å². The molecule has 5 nitrogen and oxygen atoms in total. The predicted octanol–water partition coefficient (Wildman–Crippen LogP) is 2.70. The van der Waals surface area contributed by atoms with Crippen molar-refractivity contribution in [2.24, 2.45) is 0 Å². The first-order valence-corrected chi connectivity index (χ1v) is 6.56. The monoisotopic (exact) mass is 360 g/mol. The fourth-order valence-electron chi connectivity index (χ4n) is 1.49. The van der Waals surface area contributed by atoms with Crippen molar-refractivity contribution in [3.63, 3.8) is 0 Å². The maximum atomic E-state index is 9.04. The Morgan fingerprint density at radius 3 is 2.83 bits per heavy atom. The molecule has 1 aromatic carbocycles. The zero-order valence-corrected chi connectivity index (χ0v) is 12.0. The molecule has 1 heterocycles. The normalized spacial score (nSPS) is 10.3. The van der Waals surface area contributed by atoms with E-state index >= 15 is 0 Å². The molecule has 18 heavy (non-hydrogen) atoms. The molecule has 2 rings (SSSR count). The minimum atomic E-state index is 0.353. The van der Waals surface area contributed by atoms with Crippen molar-refractivity contribution in [1.29, 1.82) is 0 Å². The Morgan fingerprint density at radius 1 is 1.33 bits per heavy atom. The van der Waals surface area contributed by atoms with Crippen molar-refractivity contribution in [1.82, 2.24) is 9.94 Å². The van der Waals surface area contributed by atoms with E-state index in [2.05, 4.69) is 27.7 Å². The number of hydrogen-bond acceptors (Lipinski definition) is 4. The zero-order valence-electron chi connectivity index (χ0n) is 9.84. The van der Waals surface area contributed by atoms with Gasteiger partial charge < -0.3 is 14.7 Å². The Kier molecular flexibility index (Phi) is 4.29. The number of hydrogen-bond donors (Lipinski definition) is 1. The van der Waals surface area contributed by atoms with Gasteiger partial charge in [0.1, 0.15) is 12.4 Å². The first-order valence-electron chi connectivity index (χ1n) is 5.48. The predicted molar refractivity (Wildman–Crippen MR) is 74.1 cm³/mol. The van der Waals surface area contributed by atoms with Gasteiger partial charge in [0, 0.05) is 15.2 Å². The van der Waals surface area contributed by atoms with E-state index in [1.165, 1.54) is 6.20 Å². The molecule has 0 radical (unpaired) electrons. The molecule has 0 aliphatic carbocycles. The molecule has 0 unspecified atom stereocenters. The molecule has 1 aromatic heterocycles. The molecule has 2 aromatic rings. The van der Waals surface area contributed by atoms with E-state index in [1.807, 2.05) is 25.1 Å². The van der Waals surface area contributed by atoms with Crippen molar-refractivity contribution in [3.05, 3.63) is 39.6 Å². The molecule has 0 fully saturated rings. The number of ether oxygens (including phenoxy) is 2. The number of aromatic nitrogens is 2. The Bertz CT molecular complexity index is 528. The molecule has 0 aliphatic heterocycles. The van der Waals surface area contributed by atoms with Crippen LogP contribution in [0.3, 0.4) is 0 Å². The van der Waals surface area contributed by atoms with Gasteiger partial charge in [-0.1, -0.05) is 11.2 Å². The summed E-state index contributed by atoms with van der Waals surface area (Å²) >= 11 is 2.24. The fraction of sp³-hybridized carbons (Fsp3) is 0.250. The minimum absolute atomic E-state index is 0.353. The van der Waals surface area contributed by atoms with Crippen molar-refractivity contribution in [2.45, 2.75) is 13.5 Å². The summed E-state index contributed by atoms with van der Waals surface area (Å²) < 4.78 is 12.1. The lowest BCUT2D eigenvalue weighted by Gasteiger charge is -2.11. The summed E-state index contributed by atoms with van der Waals surface area (Å²) in [7, 11) is 0. The summed E-state index contributed by atoms with van der Waals surface area (Å²) in [5.41, 5.74) is 0.979. The van der Waals surface area contributed by atoms with Gasteiger partial charge in [-0.3, -0.25) is 0 Å². The van der Waals surface area contributed by atoms with Crippen LogP contribution < -0.4 is 9.47 Å². The van der Waals surface area contributed by atoms with E-state index in [0.29, 0.717) is 19.1 Å². The first-order chi connectivity index (χ1) is 8.70. The molecule has 6 heteroatoms. The standard InChI is InChI=1S/C12H13IN2O3/c1-2-17-11-5-3-4-10(13)9(11)8-18-12-6-7-15(16)14-12/h3-7,16H,2,8H2,1H3. The molecular formula is C12H13IN2O3. The molecule has 0 spiro atoms. The summed E-state index contributed by atoms with van der Waals surface area (Å²) in [6, 6.07) is 7.44. The van der Waals surface area contributed by atoms with E-state index in [4.69, 9.17) is 14.7 Å². The van der Waals surface area contributed by atoms with Crippen LogP contribution in [-0.2, 0) is 6.61 Å². The van der Waals surface area contributed by atoms with E-state index in [-0.39, 0.29) is 0 Å². The molecule has 0 saturated carbocycles. The van der Waals surface area contributed by atoms with Gasteiger partial charge in [-0.05, 0) is 41.6 Å². The van der Waals surface area contributed by atoms with Crippen molar-refractivity contribution in [3.8, 4) is 11.6 Å². The molecule has 0 bridgehead atoms. The van der Waals surface area contributed by atoms with Crippen molar-refractivity contribution >= 4 is 22.6 Å². The average Bonchev–Trinajstić information content (AvgIpc) is 2.75. The molecule has 0 amide bonds. The van der Waals surface area contributed by atoms with Crippen LogP contribution in [0.5, 0.6) is 11.6 Å². The van der Waals surface area contributed by atoms with E-state index < -0.39 is 0 Å². The van der Waals surface area contributed by atoms with Crippen LogP contribution in [0.4, 0.5) is 0 Å². The summed E-state index contributed by atoms with van der Waals surface area (Å²) in [5.74, 6) is 1.19. The topological polar surface area (TPSA) is 56.5 Å². The largest absolute Gasteiger partial charge is 0.493 e. The SMILES string of the molecule is CCOc1cccc(I)c1COc1ccn(O)n1. The smallest absolute Gasteiger partial charge is 0.236 e. The van der Waals surface area contributed by atoms with Crippen LogP contribution in [0, 0.1) is 3.57 Å². The minimum Gasteiger partial charge on any atom is -0.493 e. The van der Waals surface area contributed by atoms with E-state index in [9.17, 15) is 0 Å². The highest BCUT2D eigenvalue weighted by molar-refractivity contribution is 14.1. The second-order valence-corrected chi connectivity index (χ2v) is 4.67. The zero-order chi connectivity index (χ0) is 13.0. The second kappa shape index (κ2) is 5.94. The Hall–Kier alpha value is -1.44. The molecule has 0 atom stereocenters. The molecule has 0 aliphatic rings. The van der Waals surface area contributed by atoms with Gasteiger partial charge in [-0.25, -0.2) is 0 Å². The second-order valence-electron chi connectivity index (χ2n) is 3.51. The average molecular weight is 360 g/mol. The molecule has 0 saturated heterocycles. The third-order valence-electron chi connectivity index (χ3n) is 2.29. The van der Waals surface area contributed by atoms with Crippen LogP contribution >= 0.6 is 22.6 Å². The van der Waals surface area contributed by atoms with Crippen LogP contribution in [0.1, 0.15) is 12.5 Å². The van der Waals surface area contributed by atoms with Crippen molar-refractivity contribution < 1.29 is 14.7 Å². The molecule has 96 valence electrons. The molecule has 1 N–H and O–H groups in total. The lowest BCUT2D eigenvalue weighted by Crippen LogP contribution is -2.03. The number of halogens is 1. The summed E-state index contributed by atoms with van der Waals surface area (Å²) in [4.78, 5) is 0.717. The van der Waals surface area contributed by atoms with Crippen LogP contribution in [0.25, 0.3) is 0 Å². The van der Waals surface area contributed by atoms with Gasteiger partial charge in [-0.15, -0.1) is 4.85 Å².